The fourth-order valence-corrected chi connectivity index (χ4v) is 1.77. The molecule has 1 rings (SSSR count). The molecule has 0 aliphatic rings. The van der Waals surface area contributed by atoms with E-state index in [9.17, 15) is 57.1 Å². The molecule has 0 saturated carbocycles. The number of hydrogen-bond acceptors (Lipinski definition) is 1. The van der Waals surface area contributed by atoms with Crippen LogP contribution in [0.1, 0.15) is 6.42 Å². The average molecular weight is 440 g/mol. The lowest BCUT2D eigenvalue weighted by Gasteiger charge is -2.39. The van der Waals surface area contributed by atoms with Crippen molar-refractivity contribution in [3.05, 3.63) is 30.3 Å². The van der Waals surface area contributed by atoms with Crippen molar-refractivity contribution in [3.8, 4) is 5.75 Å². The summed E-state index contributed by atoms with van der Waals surface area (Å²) in [5, 5.41) is 0. The predicted octanol–water partition coefficient (Wildman–Crippen LogP) is 6.19. The topological polar surface area (TPSA) is 9.23 Å². The summed E-state index contributed by atoms with van der Waals surface area (Å²) in [5.41, 5.74) is 0. The van der Waals surface area contributed by atoms with Crippen LogP contribution in [0.25, 0.3) is 0 Å². The molecular weight excluding hydrogens is 431 g/mol. The minimum absolute atomic E-state index is 0.220. The normalized spacial score (nSPS) is 14.9. The average Bonchev–Trinajstić information content (AvgIpc) is 2.53. The van der Waals surface area contributed by atoms with E-state index in [1.54, 1.807) is 0 Å². The highest BCUT2D eigenvalue weighted by molar-refractivity contribution is 5.21. The Kier molecular flexibility index (Phi) is 6.19. The maximum Gasteiger partial charge on any atom is 0.460 e. The largest absolute Gasteiger partial charge is 0.493 e. The lowest BCUT2D eigenvalue weighted by atomic mass is 9.93. The number of halogens is 13. The van der Waals surface area contributed by atoms with Gasteiger partial charge in [0.05, 0.1) is 13.0 Å². The summed E-state index contributed by atoms with van der Waals surface area (Å²) >= 11 is 0. The van der Waals surface area contributed by atoms with Crippen molar-refractivity contribution in [2.75, 3.05) is 6.61 Å². The van der Waals surface area contributed by atoms with Crippen LogP contribution >= 0.6 is 0 Å². The summed E-state index contributed by atoms with van der Waals surface area (Å²) in [5.74, 6) is -37.0. The van der Waals surface area contributed by atoms with Crippen LogP contribution in [0, 0.1) is 0 Å². The van der Waals surface area contributed by atoms with Gasteiger partial charge in [-0.2, -0.15) is 57.1 Å². The Hall–Kier alpha value is -1.89. The van der Waals surface area contributed by atoms with Crippen LogP contribution < -0.4 is 4.74 Å². The second-order valence-corrected chi connectivity index (χ2v) is 5.41. The fraction of sp³-hybridized carbons (Fsp3) is 0.571. The Morgan fingerprint density at radius 1 is 0.571 bits per heavy atom. The van der Waals surface area contributed by atoms with E-state index in [0.29, 0.717) is 0 Å². The van der Waals surface area contributed by atoms with E-state index in [4.69, 9.17) is 0 Å². The number of rotatable bonds is 8. The van der Waals surface area contributed by atoms with Gasteiger partial charge in [-0.15, -0.1) is 0 Å². The van der Waals surface area contributed by atoms with Crippen molar-refractivity contribution < 1.29 is 61.8 Å². The Bertz CT molecular complexity index is 651. The molecule has 0 aromatic heterocycles. The maximum atomic E-state index is 13.4. The SMILES string of the molecule is FC(F)(F)C(F)(F)C(F)(F)C(F)(F)C(F)(F)C(F)(F)CCOc1ccccc1. The van der Waals surface area contributed by atoms with Crippen molar-refractivity contribution in [1.29, 1.82) is 0 Å². The number of benzene rings is 1. The van der Waals surface area contributed by atoms with Gasteiger partial charge < -0.3 is 4.74 Å². The molecule has 0 unspecified atom stereocenters. The zero-order valence-corrected chi connectivity index (χ0v) is 13.1. The number of hydrogen-bond donors (Lipinski definition) is 0. The van der Waals surface area contributed by atoms with Crippen LogP contribution in [0.4, 0.5) is 57.1 Å². The van der Waals surface area contributed by atoms with Crippen LogP contribution in [0.3, 0.4) is 0 Å². The first-order valence-electron chi connectivity index (χ1n) is 6.96. The van der Waals surface area contributed by atoms with Gasteiger partial charge in [0, 0.05) is 0 Å². The van der Waals surface area contributed by atoms with Crippen LogP contribution in [-0.2, 0) is 0 Å². The van der Waals surface area contributed by atoms with Gasteiger partial charge in [0.25, 0.3) is 0 Å². The summed E-state index contributed by atoms with van der Waals surface area (Å²) < 4.78 is 172. The molecule has 28 heavy (non-hydrogen) atoms. The van der Waals surface area contributed by atoms with E-state index in [-0.39, 0.29) is 5.75 Å². The second-order valence-electron chi connectivity index (χ2n) is 5.41. The molecule has 0 bridgehead atoms. The quantitative estimate of drug-likeness (QED) is 0.438. The predicted molar refractivity (Wildman–Crippen MR) is 67.3 cm³/mol. The lowest BCUT2D eigenvalue weighted by molar-refractivity contribution is -0.440. The van der Waals surface area contributed by atoms with Gasteiger partial charge in [-0.1, -0.05) is 18.2 Å². The number of alkyl halides is 13. The molecule has 0 fully saturated rings. The van der Waals surface area contributed by atoms with Gasteiger partial charge >= 0.3 is 35.8 Å². The van der Waals surface area contributed by atoms with Crippen LogP contribution in [-0.4, -0.2) is 42.4 Å². The Labute approximate surface area is 148 Å². The summed E-state index contributed by atoms with van der Waals surface area (Å²) in [6.45, 7) is -1.47. The standard InChI is InChI=1S/C14H9F13O/c15-9(16,6-7-28-8-4-2-1-3-5-8)10(17,18)11(19,20)12(21,22)13(23,24)14(25,26)27/h1-5H,6-7H2. The van der Waals surface area contributed by atoms with Crippen LogP contribution in [0.5, 0.6) is 5.75 Å². The maximum absolute atomic E-state index is 13.4. The second kappa shape index (κ2) is 7.17. The monoisotopic (exact) mass is 440 g/mol. The first kappa shape index (κ1) is 24.1. The van der Waals surface area contributed by atoms with E-state index >= 15 is 0 Å². The third kappa shape index (κ3) is 3.81. The minimum Gasteiger partial charge on any atom is -0.493 e. The highest BCUT2D eigenvalue weighted by Gasteiger charge is 2.90. The van der Waals surface area contributed by atoms with Crippen molar-refractivity contribution >= 4 is 0 Å². The van der Waals surface area contributed by atoms with E-state index in [1.165, 1.54) is 18.2 Å². The third-order valence-electron chi connectivity index (χ3n) is 3.43. The molecule has 0 aliphatic heterocycles. The van der Waals surface area contributed by atoms with E-state index in [2.05, 4.69) is 4.74 Å². The molecule has 162 valence electrons. The lowest BCUT2D eigenvalue weighted by Crippen LogP contribution is -2.70. The van der Waals surface area contributed by atoms with Crippen molar-refractivity contribution in [3.63, 3.8) is 0 Å². The van der Waals surface area contributed by atoms with E-state index < -0.39 is 48.8 Å². The smallest absolute Gasteiger partial charge is 0.460 e. The molecule has 0 heterocycles. The van der Waals surface area contributed by atoms with Crippen molar-refractivity contribution in [1.82, 2.24) is 0 Å². The van der Waals surface area contributed by atoms with E-state index in [0.717, 1.165) is 12.1 Å². The highest BCUT2D eigenvalue weighted by Crippen LogP contribution is 2.60. The van der Waals surface area contributed by atoms with Gasteiger partial charge in [-0.3, -0.25) is 0 Å². The van der Waals surface area contributed by atoms with E-state index in [1.807, 2.05) is 0 Å². The van der Waals surface area contributed by atoms with Crippen LogP contribution in [0.2, 0.25) is 0 Å². The molecule has 0 atom stereocenters. The number of para-hydroxylation sites is 1. The van der Waals surface area contributed by atoms with Gasteiger partial charge in [0.2, 0.25) is 0 Å². The zero-order valence-electron chi connectivity index (χ0n) is 13.1. The summed E-state index contributed by atoms with van der Waals surface area (Å²) in [7, 11) is 0. The van der Waals surface area contributed by atoms with Crippen LogP contribution in [0.15, 0.2) is 30.3 Å². The third-order valence-corrected chi connectivity index (χ3v) is 3.43. The first-order chi connectivity index (χ1) is 12.3. The molecule has 1 aromatic carbocycles. The molecule has 14 heteroatoms. The molecule has 0 radical (unpaired) electrons. The Balaban J connectivity index is 3.11. The summed E-state index contributed by atoms with van der Waals surface area (Å²) in [6, 6.07) is 6.22. The molecule has 0 spiro atoms. The Morgan fingerprint density at radius 2 is 1.00 bits per heavy atom. The zero-order chi connectivity index (χ0) is 22.2. The molecule has 0 aliphatic carbocycles. The summed E-state index contributed by atoms with van der Waals surface area (Å²) in [6.07, 6.45) is -9.81. The minimum atomic E-state index is -7.88. The summed E-state index contributed by atoms with van der Waals surface area (Å²) in [4.78, 5) is 0. The highest BCUT2D eigenvalue weighted by atomic mass is 19.4. The van der Waals surface area contributed by atoms with Crippen molar-refractivity contribution in [2.24, 2.45) is 0 Å². The van der Waals surface area contributed by atoms with Gasteiger partial charge in [0.1, 0.15) is 5.75 Å². The number of ether oxygens (including phenoxy) is 1. The molecule has 1 nitrogen and oxygen atoms in total. The molecule has 0 N–H and O–H groups in total. The Morgan fingerprint density at radius 3 is 1.43 bits per heavy atom. The molecule has 0 saturated heterocycles. The molecule has 1 aromatic rings. The van der Waals surface area contributed by atoms with Gasteiger partial charge in [-0.05, 0) is 12.1 Å². The first-order valence-corrected chi connectivity index (χ1v) is 6.96. The van der Waals surface area contributed by atoms with Crippen molar-refractivity contribution in [2.45, 2.75) is 42.2 Å². The fourth-order valence-electron chi connectivity index (χ4n) is 1.77. The molecular formula is C14H9F13O. The van der Waals surface area contributed by atoms with Gasteiger partial charge in [-0.25, -0.2) is 0 Å². The van der Waals surface area contributed by atoms with Gasteiger partial charge in [0.15, 0.2) is 0 Å². The molecule has 0 amide bonds.